The summed E-state index contributed by atoms with van der Waals surface area (Å²) in [6.45, 7) is 0. The molecule has 1 heterocycles. The van der Waals surface area contributed by atoms with Crippen LogP contribution in [-0.2, 0) is 17.5 Å². The smallest absolute Gasteiger partial charge is 0.337 e. The summed E-state index contributed by atoms with van der Waals surface area (Å²) in [5.74, 6) is 0.283. The molecule has 0 bridgehead atoms. The molecule has 0 N–H and O–H groups in total. The highest BCUT2D eigenvalue weighted by Crippen LogP contribution is 2.24. The molecule has 0 fully saturated rings. The molecule has 0 aliphatic carbocycles. The molecule has 28 heavy (non-hydrogen) atoms. The van der Waals surface area contributed by atoms with E-state index in [1.165, 1.54) is 18.9 Å². The Balaban J connectivity index is 1.65. The van der Waals surface area contributed by atoms with Crippen LogP contribution in [0.2, 0.25) is 0 Å². The Labute approximate surface area is 166 Å². The molecule has 0 saturated heterocycles. The molecular weight excluding hydrogens is 372 g/mol. The van der Waals surface area contributed by atoms with Crippen LogP contribution in [0.4, 0.5) is 0 Å². The number of carbonyl (C=O) groups is 1. The molecule has 0 saturated carbocycles. The van der Waals surface area contributed by atoms with E-state index in [0.29, 0.717) is 27.4 Å². The summed E-state index contributed by atoms with van der Waals surface area (Å²) >= 11 is 1.49. The van der Waals surface area contributed by atoms with E-state index in [2.05, 4.69) is 0 Å². The van der Waals surface area contributed by atoms with Crippen LogP contribution in [0.1, 0.15) is 15.9 Å². The van der Waals surface area contributed by atoms with Gasteiger partial charge in [-0.05, 0) is 40.6 Å². The van der Waals surface area contributed by atoms with Crippen LogP contribution >= 0.6 is 11.8 Å². The van der Waals surface area contributed by atoms with Gasteiger partial charge >= 0.3 is 5.97 Å². The number of nitrogens with zero attached hydrogens (tertiary/aromatic N) is 2. The van der Waals surface area contributed by atoms with E-state index in [1.54, 1.807) is 23.7 Å². The largest absolute Gasteiger partial charge is 0.465 e. The van der Waals surface area contributed by atoms with Gasteiger partial charge in [0.25, 0.3) is 5.56 Å². The molecule has 0 amide bonds. The Kier molecular flexibility index (Phi) is 4.88. The van der Waals surface area contributed by atoms with Crippen molar-refractivity contribution in [3.8, 4) is 0 Å². The zero-order valence-corrected chi connectivity index (χ0v) is 16.3. The lowest BCUT2D eigenvalue weighted by Gasteiger charge is -2.10. The third-order valence-corrected chi connectivity index (χ3v) is 5.75. The van der Waals surface area contributed by atoms with Gasteiger partial charge in [0.1, 0.15) is 0 Å². The molecule has 0 spiro atoms. The lowest BCUT2D eigenvalue weighted by atomic mass is 10.1. The predicted molar refractivity (Wildman–Crippen MR) is 112 cm³/mol. The topological polar surface area (TPSA) is 61.2 Å². The molecule has 3 aromatic carbocycles. The quantitative estimate of drug-likeness (QED) is 0.227. The number of benzene rings is 3. The number of rotatable bonds is 4. The zero-order chi connectivity index (χ0) is 19.7. The minimum Gasteiger partial charge on any atom is -0.465 e. The van der Waals surface area contributed by atoms with E-state index in [0.717, 1.165) is 16.3 Å². The van der Waals surface area contributed by atoms with Gasteiger partial charge in [0, 0.05) is 12.8 Å². The van der Waals surface area contributed by atoms with Crippen molar-refractivity contribution in [2.45, 2.75) is 10.9 Å². The molecule has 4 rings (SSSR count). The minimum atomic E-state index is -0.356. The number of methoxy groups -OCH3 is 1. The first-order valence-corrected chi connectivity index (χ1v) is 9.75. The average molecular weight is 390 g/mol. The van der Waals surface area contributed by atoms with Crippen LogP contribution in [0.5, 0.6) is 0 Å². The van der Waals surface area contributed by atoms with E-state index in [9.17, 15) is 9.59 Å². The molecular formula is C22H18N2O3S. The molecule has 5 nitrogen and oxygen atoms in total. The van der Waals surface area contributed by atoms with Gasteiger partial charge in [0.05, 0.1) is 23.6 Å². The number of carbonyl (C=O) groups excluding carboxylic acids is 1. The molecule has 0 aliphatic rings. The fourth-order valence-electron chi connectivity index (χ4n) is 3.07. The maximum absolute atomic E-state index is 12.8. The Morgan fingerprint density at radius 3 is 2.43 bits per heavy atom. The Morgan fingerprint density at radius 1 is 1.07 bits per heavy atom. The SMILES string of the molecule is COC(=O)c1ccc(CSc2nc3cc4ccccc4cc3c(=O)n2C)cc1. The van der Waals surface area contributed by atoms with Gasteiger partial charge in [-0.2, -0.15) is 0 Å². The number of aromatic nitrogens is 2. The average Bonchev–Trinajstić information content (AvgIpc) is 2.74. The molecule has 0 radical (unpaired) electrons. The van der Waals surface area contributed by atoms with Gasteiger partial charge in [-0.3, -0.25) is 9.36 Å². The molecule has 0 aliphatic heterocycles. The lowest BCUT2D eigenvalue weighted by molar-refractivity contribution is 0.0600. The molecule has 4 aromatic rings. The summed E-state index contributed by atoms with van der Waals surface area (Å²) in [4.78, 5) is 29.1. The van der Waals surface area contributed by atoms with Gasteiger partial charge < -0.3 is 4.74 Å². The molecule has 1 aromatic heterocycles. The van der Waals surface area contributed by atoms with Crippen molar-refractivity contribution in [3.63, 3.8) is 0 Å². The standard InChI is InChI=1S/C22H18N2O3S/c1-24-20(25)18-11-16-5-3-4-6-17(16)12-19(18)23-22(24)28-13-14-7-9-15(10-8-14)21(26)27-2/h3-12H,13H2,1-2H3. The maximum Gasteiger partial charge on any atom is 0.337 e. The predicted octanol–water partition coefficient (Wildman–Crippen LogP) is 4.17. The third-order valence-electron chi connectivity index (χ3n) is 4.65. The van der Waals surface area contributed by atoms with Crippen molar-refractivity contribution in [2.75, 3.05) is 7.11 Å². The highest BCUT2D eigenvalue weighted by atomic mass is 32.2. The van der Waals surface area contributed by atoms with Crippen LogP contribution in [0, 0.1) is 0 Å². The highest BCUT2D eigenvalue weighted by molar-refractivity contribution is 7.98. The number of hydrogen-bond donors (Lipinski definition) is 0. The monoisotopic (exact) mass is 390 g/mol. The van der Waals surface area contributed by atoms with Gasteiger partial charge in [-0.25, -0.2) is 9.78 Å². The molecule has 140 valence electrons. The van der Waals surface area contributed by atoms with Crippen LogP contribution in [0.3, 0.4) is 0 Å². The van der Waals surface area contributed by atoms with Crippen molar-refractivity contribution < 1.29 is 9.53 Å². The summed E-state index contributed by atoms with van der Waals surface area (Å²) in [6, 6.07) is 19.0. The lowest BCUT2D eigenvalue weighted by Crippen LogP contribution is -2.20. The first-order chi connectivity index (χ1) is 13.6. The van der Waals surface area contributed by atoms with Crippen molar-refractivity contribution in [2.24, 2.45) is 7.05 Å². The minimum absolute atomic E-state index is 0.0562. The van der Waals surface area contributed by atoms with Crippen molar-refractivity contribution in [3.05, 3.63) is 82.1 Å². The number of thioether (sulfide) groups is 1. The van der Waals surface area contributed by atoms with E-state index in [-0.39, 0.29) is 11.5 Å². The summed E-state index contributed by atoms with van der Waals surface area (Å²) in [6.07, 6.45) is 0. The second-order valence-corrected chi connectivity index (χ2v) is 7.39. The highest BCUT2D eigenvalue weighted by Gasteiger charge is 2.11. The summed E-state index contributed by atoms with van der Waals surface area (Å²) in [7, 11) is 3.11. The van der Waals surface area contributed by atoms with E-state index in [1.807, 2.05) is 48.5 Å². The molecule has 0 unspecified atom stereocenters. The van der Waals surface area contributed by atoms with Crippen LogP contribution < -0.4 is 5.56 Å². The first kappa shape index (κ1) is 18.3. The number of ether oxygens (including phenoxy) is 1. The van der Waals surface area contributed by atoms with Crippen LogP contribution in [0.15, 0.2) is 70.6 Å². The van der Waals surface area contributed by atoms with E-state index < -0.39 is 0 Å². The fourth-order valence-corrected chi connectivity index (χ4v) is 4.00. The van der Waals surface area contributed by atoms with Gasteiger partial charge in [-0.15, -0.1) is 0 Å². The second-order valence-electron chi connectivity index (χ2n) is 6.45. The normalized spacial score (nSPS) is 11.1. The molecule has 0 atom stereocenters. The zero-order valence-electron chi connectivity index (χ0n) is 15.5. The van der Waals surface area contributed by atoms with Gasteiger partial charge in [0.2, 0.25) is 0 Å². The van der Waals surface area contributed by atoms with Crippen LogP contribution in [-0.4, -0.2) is 22.6 Å². The Morgan fingerprint density at radius 2 is 1.75 bits per heavy atom. The van der Waals surface area contributed by atoms with Crippen molar-refractivity contribution >= 4 is 39.4 Å². The molecule has 6 heteroatoms. The first-order valence-electron chi connectivity index (χ1n) is 8.76. The van der Waals surface area contributed by atoms with E-state index in [4.69, 9.17) is 9.72 Å². The maximum atomic E-state index is 12.8. The van der Waals surface area contributed by atoms with Crippen molar-refractivity contribution in [1.29, 1.82) is 0 Å². The van der Waals surface area contributed by atoms with Gasteiger partial charge in [0.15, 0.2) is 5.16 Å². The summed E-state index contributed by atoms with van der Waals surface area (Å²) in [5.41, 5.74) is 2.19. The second kappa shape index (κ2) is 7.48. The van der Waals surface area contributed by atoms with Gasteiger partial charge in [-0.1, -0.05) is 48.2 Å². The Hall–Kier alpha value is -3.12. The number of fused-ring (bicyclic) bond motifs is 2. The Bertz CT molecular complexity index is 1250. The summed E-state index contributed by atoms with van der Waals surface area (Å²) in [5, 5.41) is 3.36. The van der Waals surface area contributed by atoms with Crippen LogP contribution in [0.25, 0.3) is 21.7 Å². The summed E-state index contributed by atoms with van der Waals surface area (Å²) < 4.78 is 6.30. The third kappa shape index (κ3) is 3.39. The van der Waals surface area contributed by atoms with Crippen molar-refractivity contribution in [1.82, 2.24) is 9.55 Å². The fraction of sp³-hybridized carbons (Fsp3) is 0.136. The number of esters is 1. The number of hydrogen-bond acceptors (Lipinski definition) is 5. The van der Waals surface area contributed by atoms with E-state index >= 15 is 0 Å².